The fourth-order valence-corrected chi connectivity index (χ4v) is 9.48. The third-order valence-corrected chi connectivity index (χ3v) is 12.3. The summed E-state index contributed by atoms with van der Waals surface area (Å²) in [6.07, 6.45) is 1.96. The van der Waals surface area contributed by atoms with E-state index in [4.69, 9.17) is 9.97 Å². The van der Waals surface area contributed by atoms with Crippen LogP contribution in [0.4, 0.5) is 0 Å². The molecule has 0 atom stereocenters. The Balaban J connectivity index is 1.23. The Hall–Kier alpha value is -6.97. The minimum absolute atomic E-state index is 0.153. The Kier molecular flexibility index (Phi) is 8.95. The van der Waals surface area contributed by atoms with Crippen molar-refractivity contribution in [1.82, 2.24) is 15.0 Å². The zero-order chi connectivity index (χ0) is 41.3. The van der Waals surface area contributed by atoms with Gasteiger partial charge in [-0.15, -0.1) is 0 Å². The zero-order valence-electron chi connectivity index (χ0n) is 35.4. The van der Waals surface area contributed by atoms with Gasteiger partial charge in [-0.3, -0.25) is 4.98 Å². The molecule has 0 fully saturated rings. The normalized spacial score (nSPS) is 12.7. The second kappa shape index (κ2) is 14.4. The Morgan fingerprint density at radius 1 is 0.383 bits per heavy atom. The van der Waals surface area contributed by atoms with Crippen LogP contribution in [0.25, 0.3) is 89.2 Å². The van der Waals surface area contributed by atoms with Crippen LogP contribution >= 0.6 is 0 Å². The van der Waals surface area contributed by atoms with Crippen LogP contribution < -0.4 is 0 Å². The molecular weight excluding hydrogens is 727 g/mol. The predicted molar refractivity (Wildman–Crippen MR) is 251 cm³/mol. The molecule has 9 aromatic rings. The molecule has 3 nitrogen and oxygen atoms in total. The van der Waals surface area contributed by atoms with Crippen molar-refractivity contribution in [2.75, 3.05) is 0 Å². The van der Waals surface area contributed by atoms with Crippen molar-refractivity contribution in [2.24, 2.45) is 0 Å². The number of nitrogens with zero attached hydrogens (tertiary/aromatic N) is 3. The van der Waals surface area contributed by atoms with Gasteiger partial charge in [0.1, 0.15) is 0 Å². The number of hydrogen-bond donors (Lipinski definition) is 0. The molecule has 1 aliphatic rings. The van der Waals surface area contributed by atoms with Crippen molar-refractivity contribution in [3.05, 3.63) is 197 Å². The van der Waals surface area contributed by atoms with Crippen LogP contribution in [0.15, 0.2) is 158 Å². The summed E-state index contributed by atoms with van der Waals surface area (Å²) < 4.78 is 0. The number of aromatic nitrogens is 3. The first-order chi connectivity index (χ1) is 29.0. The van der Waals surface area contributed by atoms with Gasteiger partial charge < -0.3 is 0 Å². The lowest BCUT2D eigenvalue weighted by atomic mass is 9.80. The molecule has 0 spiro atoms. The van der Waals surface area contributed by atoms with Gasteiger partial charge in [0, 0.05) is 39.6 Å². The number of hydrogen-bond acceptors (Lipinski definition) is 3. The third kappa shape index (κ3) is 6.61. The quantitative estimate of drug-likeness (QED) is 0.169. The van der Waals surface area contributed by atoms with Crippen LogP contribution in [0, 0.1) is 34.6 Å². The summed E-state index contributed by atoms with van der Waals surface area (Å²) in [5.41, 5.74) is 22.9. The Morgan fingerprint density at radius 3 is 1.57 bits per heavy atom. The highest BCUT2D eigenvalue weighted by Gasteiger charge is 2.37. The van der Waals surface area contributed by atoms with Crippen molar-refractivity contribution in [1.29, 1.82) is 0 Å². The zero-order valence-corrected chi connectivity index (χ0v) is 35.4. The van der Waals surface area contributed by atoms with Crippen molar-refractivity contribution in [2.45, 2.75) is 53.9 Å². The van der Waals surface area contributed by atoms with Crippen LogP contribution in [0.5, 0.6) is 0 Å². The van der Waals surface area contributed by atoms with Gasteiger partial charge in [-0.1, -0.05) is 127 Å². The third-order valence-electron chi connectivity index (χ3n) is 12.3. The second-order valence-electron chi connectivity index (χ2n) is 17.3. The van der Waals surface area contributed by atoms with Crippen molar-refractivity contribution < 1.29 is 0 Å². The Labute approximate surface area is 353 Å². The van der Waals surface area contributed by atoms with E-state index in [1.807, 2.05) is 13.1 Å². The average Bonchev–Trinajstić information content (AvgIpc) is 3.48. The molecule has 0 bridgehead atoms. The van der Waals surface area contributed by atoms with Crippen molar-refractivity contribution >= 4 is 10.8 Å². The fourth-order valence-electron chi connectivity index (χ4n) is 9.48. The molecule has 1 aliphatic carbocycles. The molecule has 0 amide bonds. The molecular formula is C57H47N3. The van der Waals surface area contributed by atoms with E-state index in [9.17, 15) is 0 Å². The molecule has 0 N–H and O–H groups in total. The van der Waals surface area contributed by atoms with E-state index in [1.54, 1.807) is 0 Å². The summed E-state index contributed by atoms with van der Waals surface area (Å²) in [4.78, 5) is 15.2. The maximum atomic E-state index is 5.41. The largest absolute Gasteiger partial charge is 0.261 e. The van der Waals surface area contributed by atoms with Gasteiger partial charge in [-0.25, -0.2) is 9.97 Å². The number of pyridine rings is 1. The van der Waals surface area contributed by atoms with Gasteiger partial charge in [-0.05, 0) is 156 Å². The highest BCUT2D eigenvalue weighted by atomic mass is 14.9. The fraction of sp³-hybridized carbons (Fsp3) is 0.140. The molecule has 7 aromatic carbocycles. The topological polar surface area (TPSA) is 38.7 Å². The van der Waals surface area contributed by atoms with Crippen LogP contribution in [0.3, 0.4) is 0 Å². The minimum Gasteiger partial charge on any atom is -0.261 e. The van der Waals surface area contributed by atoms with Crippen LogP contribution in [0.1, 0.15) is 52.9 Å². The summed E-state index contributed by atoms with van der Waals surface area (Å²) in [6.45, 7) is 15.3. The van der Waals surface area contributed by atoms with Crippen LogP contribution in [0.2, 0.25) is 0 Å². The van der Waals surface area contributed by atoms with Gasteiger partial charge in [-0.2, -0.15) is 0 Å². The molecule has 3 heteroatoms. The van der Waals surface area contributed by atoms with Gasteiger partial charge in [0.25, 0.3) is 0 Å². The molecule has 0 radical (unpaired) electrons. The summed E-state index contributed by atoms with van der Waals surface area (Å²) in [5.74, 6) is 0.721. The predicted octanol–water partition coefficient (Wildman–Crippen LogP) is 14.9. The number of aryl methyl sites for hydroxylation is 5. The van der Waals surface area contributed by atoms with Crippen molar-refractivity contribution in [3.8, 4) is 78.4 Å². The lowest BCUT2D eigenvalue weighted by Crippen LogP contribution is -2.15. The van der Waals surface area contributed by atoms with Crippen LogP contribution in [-0.4, -0.2) is 15.0 Å². The molecule has 0 saturated heterocycles. The summed E-state index contributed by atoms with van der Waals surface area (Å²) >= 11 is 0. The van der Waals surface area contributed by atoms with E-state index in [2.05, 4.69) is 198 Å². The summed E-state index contributed by atoms with van der Waals surface area (Å²) in [5, 5.41) is 2.52. The molecule has 2 aromatic heterocycles. The Bertz CT molecular complexity index is 3040. The highest BCUT2D eigenvalue weighted by molar-refractivity contribution is 6.09. The van der Waals surface area contributed by atoms with E-state index in [1.165, 1.54) is 60.8 Å². The maximum absolute atomic E-state index is 5.41. The summed E-state index contributed by atoms with van der Waals surface area (Å²) in [6, 6.07) is 55.9. The van der Waals surface area contributed by atoms with Crippen molar-refractivity contribution in [3.63, 3.8) is 0 Å². The van der Waals surface area contributed by atoms with E-state index >= 15 is 0 Å². The molecule has 0 unspecified atom stereocenters. The lowest BCUT2D eigenvalue weighted by Gasteiger charge is -2.23. The summed E-state index contributed by atoms with van der Waals surface area (Å²) in [7, 11) is 0. The van der Waals surface area contributed by atoms with E-state index in [0.717, 1.165) is 67.4 Å². The lowest BCUT2D eigenvalue weighted by molar-refractivity contribution is 0.661. The highest BCUT2D eigenvalue weighted by Crippen LogP contribution is 2.53. The second-order valence-corrected chi connectivity index (χ2v) is 17.3. The molecule has 0 saturated carbocycles. The SMILES string of the molecule is Cc1cc(C)cc(-c2cc(-c3cc(-c4ccc(-c5ccc(C)nc5)cc4)cc(-c4cc5c(c6ccccc46)-c4ccccc4C5(C)C)c3)nc(-c3cc(C)cc(C)c3)n2)c1. The maximum Gasteiger partial charge on any atom is 0.160 e. The van der Waals surface area contributed by atoms with E-state index < -0.39 is 0 Å². The molecule has 290 valence electrons. The van der Waals surface area contributed by atoms with Gasteiger partial charge in [0.15, 0.2) is 5.82 Å². The minimum atomic E-state index is -0.153. The monoisotopic (exact) mass is 773 g/mol. The van der Waals surface area contributed by atoms with E-state index in [-0.39, 0.29) is 5.41 Å². The Morgan fingerprint density at radius 2 is 0.917 bits per heavy atom. The first-order valence-electron chi connectivity index (χ1n) is 20.9. The molecule has 10 rings (SSSR count). The standard InChI is InChI=1S/C57H47N3/c1-34-22-35(2)25-44(24-34)53-32-54(60-56(59-53)46-26-36(3)23-37(4)27-46)45-29-42(40-20-18-39(19-21-40)41-17-16-38(5)58-33-41)28-43(30-45)50-31-52-55(48-13-9-8-12-47(48)50)49-14-10-11-15-51(49)57(52,6)7/h8-33H,1-7H3. The van der Waals surface area contributed by atoms with Gasteiger partial charge in [0.2, 0.25) is 0 Å². The number of rotatable bonds is 6. The average molecular weight is 774 g/mol. The van der Waals surface area contributed by atoms with Gasteiger partial charge >= 0.3 is 0 Å². The molecule has 60 heavy (non-hydrogen) atoms. The first-order valence-corrected chi connectivity index (χ1v) is 20.9. The number of benzene rings is 7. The number of fused-ring (bicyclic) bond motifs is 5. The first kappa shape index (κ1) is 37.3. The van der Waals surface area contributed by atoms with E-state index in [0.29, 0.717) is 0 Å². The smallest absolute Gasteiger partial charge is 0.160 e. The van der Waals surface area contributed by atoms with Gasteiger partial charge in [0.05, 0.1) is 11.4 Å². The van der Waals surface area contributed by atoms with Crippen LogP contribution in [-0.2, 0) is 5.41 Å². The molecule has 2 heterocycles. The molecule has 0 aliphatic heterocycles.